The van der Waals surface area contributed by atoms with Crippen molar-refractivity contribution in [3.63, 3.8) is 0 Å². The number of nitrogens with zero attached hydrogens (tertiary/aromatic N) is 1. The van der Waals surface area contributed by atoms with Gasteiger partial charge in [0.2, 0.25) is 0 Å². The van der Waals surface area contributed by atoms with Crippen LogP contribution in [0.4, 0.5) is 0 Å². The Bertz CT molecular complexity index is 387. The molecule has 9 heteroatoms. The molecule has 0 aliphatic carbocycles. The maximum atomic E-state index is 11.2. The minimum absolute atomic E-state index is 0. The second-order valence-corrected chi connectivity index (χ2v) is 3.98. The number of carbonyl (C=O) groups is 1. The fourth-order valence-electron chi connectivity index (χ4n) is 2.58. The second kappa shape index (κ2) is 5.71. The van der Waals surface area contributed by atoms with E-state index in [0.29, 0.717) is 6.47 Å². The Kier molecular flexibility index (Phi) is 4.96. The van der Waals surface area contributed by atoms with Crippen molar-refractivity contribution in [1.29, 1.82) is 0 Å². The van der Waals surface area contributed by atoms with Gasteiger partial charge in [0.05, 0.1) is 18.1 Å². The molecule has 3 aliphatic rings. The average molecular weight is 332 g/mol. The summed E-state index contributed by atoms with van der Waals surface area (Å²) in [4.78, 5) is 22.8. The first-order valence-corrected chi connectivity index (χ1v) is 4.85. The van der Waals surface area contributed by atoms with Gasteiger partial charge < -0.3 is 30.0 Å². The van der Waals surface area contributed by atoms with E-state index >= 15 is 0 Å². The zero-order valence-corrected chi connectivity index (χ0v) is 11.8. The summed E-state index contributed by atoms with van der Waals surface area (Å²) in [6.07, 6.45) is -3.68. The van der Waals surface area contributed by atoms with E-state index in [-0.39, 0.29) is 32.7 Å². The summed E-state index contributed by atoms with van der Waals surface area (Å²) < 4.78 is 5.20. The predicted octanol–water partition coefficient (Wildman–Crippen LogP) is -3.37. The Labute approximate surface area is 127 Å². The van der Waals surface area contributed by atoms with Crippen molar-refractivity contribution in [2.75, 3.05) is 0 Å². The van der Waals surface area contributed by atoms with Gasteiger partial charge in [-0.2, -0.15) is 0 Å². The summed E-state index contributed by atoms with van der Waals surface area (Å²) in [5.41, 5.74) is 0. The van der Waals surface area contributed by atoms with Crippen molar-refractivity contribution in [1.82, 2.24) is 0 Å². The van der Waals surface area contributed by atoms with Gasteiger partial charge in [-0.15, -0.1) is 0 Å². The van der Waals surface area contributed by atoms with Crippen LogP contribution in [-0.4, -0.2) is 58.0 Å². The molecule has 8 nitrogen and oxygen atoms in total. The third-order valence-electron chi connectivity index (χ3n) is 3.22. The van der Waals surface area contributed by atoms with Crippen molar-refractivity contribution < 1.29 is 67.5 Å². The molecule has 0 aromatic heterocycles. The molecule has 2 saturated heterocycles. The number of carbonyl (C=O) groups excluding carboxylic acids is 1. The summed E-state index contributed by atoms with van der Waals surface area (Å²) in [5.74, 6) is -2.41. The van der Waals surface area contributed by atoms with E-state index in [1.165, 1.54) is 0 Å². The average Bonchev–Trinajstić information content (AvgIpc) is 2.86. The third-order valence-corrected chi connectivity index (χ3v) is 3.22. The van der Waals surface area contributed by atoms with Crippen molar-refractivity contribution in [2.24, 2.45) is 16.8 Å². The molecule has 1 amide bonds. The normalized spacial score (nSPS) is 43.4. The summed E-state index contributed by atoms with van der Waals surface area (Å²) in [6, 6.07) is 0. The molecule has 0 aromatic carbocycles. The second-order valence-electron chi connectivity index (χ2n) is 3.98. The van der Waals surface area contributed by atoms with Crippen LogP contribution < -0.4 is 5.11 Å². The number of hydrogen-bond acceptors (Lipinski definition) is 6. The topological polar surface area (TPSA) is 139 Å². The molecule has 97 valence electrons. The van der Waals surface area contributed by atoms with Crippen LogP contribution in [-0.2, 0) is 47.0 Å². The minimum atomic E-state index is -1.08. The molecule has 3 heterocycles. The van der Waals surface area contributed by atoms with Gasteiger partial charge >= 0.3 is 0 Å². The summed E-state index contributed by atoms with van der Waals surface area (Å²) in [7, 11) is 0. The van der Waals surface area contributed by atoms with Crippen molar-refractivity contribution in [3.8, 4) is 0 Å². The molecule has 2 fully saturated rings. The zero-order valence-electron chi connectivity index (χ0n) is 8.96. The van der Waals surface area contributed by atoms with Gasteiger partial charge in [0.15, 0.2) is 0 Å². The molecule has 6 atom stereocenters. The summed E-state index contributed by atoms with van der Waals surface area (Å²) >= 11 is 0. The molecule has 0 saturated carbocycles. The molecular formula is C9H9NO7Y-2. The van der Waals surface area contributed by atoms with E-state index < -0.39 is 48.1 Å². The fraction of sp³-hybridized carbons (Fsp3) is 0.667. The van der Waals surface area contributed by atoms with Crippen LogP contribution in [0.15, 0.2) is 4.99 Å². The molecule has 1 radical (unpaired) electrons. The predicted molar refractivity (Wildman–Crippen MR) is 48.4 cm³/mol. The van der Waals surface area contributed by atoms with Gasteiger partial charge in [-0.3, -0.25) is 4.79 Å². The smallest absolute Gasteiger partial charge is 0.251 e. The number of aliphatic hydroxyl groups excluding tert-OH is 3. The molecule has 6 unspecified atom stereocenters. The molecule has 18 heavy (non-hydrogen) atoms. The van der Waals surface area contributed by atoms with Crippen molar-refractivity contribution >= 4 is 18.3 Å². The number of fused-ring (bicyclic) bond motifs is 5. The van der Waals surface area contributed by atoms with Crippen LogP contribution in [0, 0.1) is 11.8 Å². The van der Waals surface area contributed by atoms with E-state index in [9.17, 15) is 20.1 Å². The first kappa shape index (κ1) is 15.7. The van der Waals surface area contributed by atoms with Crippen molar-refractivity contribution in [2.45, 2.75) is 24.4 Å². The van der Waals surface area contributed by atoms with Crippen LogP contribution in [0.1, 0.15) is 0 Å². The van der Waals surface area contributed by atoms with Gasteiger partial charge in [0, 0.05) is 38.6 Å². The van der Waals surface area contributed by atoms with Crippen LogP contribution in [0.2, 0.25) is 0 Å². The number of aliphatic hydroxyl groups is 2. The molecule has 3 N–H and O–H groups in total. The standard InChI is InChI=1S/C8H9NO5.CHO2.Y/c10-3-4(11)6-2-1(5(3)14-6)7(12)9-8(2)13;2-1-3;/h1-6,10-11H,(H,9,12,13);(H,2,3);/q;-1;/p-1. The summed E-state index contributed by atoms with van der Waals surface area (Å²) in [5, 5.41) is 36.9. The largest absolute Gasteiger partial charge is 0.861 e. The first-order chi connectivity index (χ1) is 8.02. The maximum absolute atomic E-state index is 11.2. The molecule has 3 aliphatic heterocycles. The molecule has 2 bridgehead atoms. The number of hydrogen-bond donors (Lipinski definition) is 3. The Morgan fingerprint density at radius 3 is 2.17 bits per heavy atom. The Balaban J connectivity index is 0.000000372. The fourth-order valence-corrected chi connectivity index (χ4v) is 2.58. The van der Waals surface area contributed by atoms with E-state index in [2.05, 4.69) is 4.99 Å². The number of amides is 1. The maximum Gasteiger partial charge on any atom is 0.251 e. The van der Waals surface area contributed by atoms with Gasteiger partial charge in [-0.1, -0.05) is 6.47 Å². The van der Waals surface area contributed by atoms with Crippen LogP contribution in [0.5, 0.6) is 0 Å². The van der Waals surface area contributed by atoms with E-state index in [0.717, 1.165) is 0 Å². The van der Waals surface area contributed by atoms with Crippen LogP contribution in [0.3, 0.4) is 0 Å². The SMILES string of the molecule is O=C1N=C([O-])C2C3OC(C(O)C3O)C12.O=[C-]O.[Y]. The van der Waals surface area contributed by atoms with Gasteiger partial charge in [-0.05, 0) is 5.90 Å². The molecule has 3 rings (SSSR count). The molecular weight excluding hydrogens is 323 g/mol. The van der Waals surface area contributed by atoms with E-state index in [1.54, 1.807) is 0 Å². The van der Waals surface area contributed by atoms with Gasteiger partial charge in [-0.25, -0.2) is 4.99 Å². The van der Waals surface area contributed by atoms with E-state index in [1.807, 2.05) is 0 Å². The van der Waals surface area contributed by atoms with Gasteiger partial charge in [0.25, 0.3) is 5.91 Å². The Morgan fingerprint density at radius 2 is 1.67 bits per heavy atom. The monoisotopic (exact) mass is 332 g/mol. The number of aliphatic imine (C=N–C) groups is 1. The third kappa shape index (κ3) is 2.12. The summed E-state index contributed by atoms with van der Waals surface area (Å²) in [6.45, 7) is 0.500. The Morgan fingerprint density at radius 1 is 1.22 bits per heavy atom. The van der Waals surface area contributed by atoms with Crippen molar-refractivity contribution in [3.05, 3.63) is 0 Å². The van der Waals surface area contributed by atoms with Crippen LogP contribution >= 0.6 is 0 Å². The molecule has 0 aromatic rings. The van der Waals surface area contributed by atoms with Crippen LogP contribution in [0.25, 0.3) is 0 Å². The molecule has 0 spiro atoms. The number of ether oxygens (including phenoxy) is 1. The zero-order chi connectivity index (χ0) is 12.7. The van der Waals surface area contributed by atoms with E-state index in [4.69, 9.17) is 14.6 Å². The first-order valence-electron chi connectivity index (χ1n) is 4.85. The Hall–Kier alpha value is -0.406. The minimum Gasteiger partial charge on any atom is -0.861 e. The number of rotatable bonds is 0. The quantitative estimate of drug-likeness (QED) is 0.393. The van der Waals surface area contributed by atoms with Gasteiger partial charge in [0.1, 0.15) is 12.2 Å².